The molecule has 0 spiro atoms. The fourth-order valence-electron chi connectivity index (χ4n) is 2.99. The van der Waals surface area contributed by atoms with Gasteiger partial charge in [-0.1, -0.05) is 32.0 Å². The van der Waals surface area contributed by atoms with Crippen molar-refractivity contribution in [2.75, 3.05) is 31.1 Å². The number of fused-ring (bicyclic) bond motifs is 1. The Morgan fingerprint density at radius 2 is 2.20 bits per heavy atom. The molecule has 3 heteroatoms. The maximum Gasteiger partial charge on any atom is 0.0473 e. The van der Waals surface area contributed by atoms with Crippen LogP contribution in [-0.4, -0.2) is 31.3 Å². The van der Waals surface area contributed by atoms with Gasteiger partial charge in [-0.25, -0.2) is 0 Å². The van der Waals surface area contributed by atoms with Crippen molar-refractivity contribution in [3.63, 3.8) is 0 Å². The standard InChI is InChI=1S/C17H28N2O/c1-3-10-18-16-8-6-11-19(12-14(2)13-20)17-9-5-4-7-15(16)17/h4-5,7,9,14,16,18,20H,3,6,8,10-13H2,1-2H3. The first-order chi connectivity index (χ1) is 9.76. The number of rotatable bonds is 6. The van der Waals surface area contributed by atoms with Gasteiger partial charge in [0.1, 0.15) is 0 Å². The van der Waals surface area contributed by atoms with Crippen LogP contribution in [0.3, 0.4) is 0 Å². The van der Waals surface area contributed by atoms with Gasteiger partial charge in [-0.15, -0.1) is 0 Å². The lowest BCUT2D eigenvalue weighted by atomic mass is 10.0. The molecular weight excluding hydrogens is 248 g/mol. The molecule has 2 N–H and O–H groups in total. The Labute approximate surface area is 123 Å². The van der Waals surface area contributed by atoms with E-state index in [2.05, 4.69) is 48.3 Å². The minimum Gasteiger partial charge on any atom is -0.396 e. The number of hydrogen-bond acceptors (Lipinski definition) is 3. The molecule has 1 aromatic carbocycles. The van der Waals surface area contributed by atoms with E-state index in [1.165, 1.54) is 30.5 Å². The molecule has 0 aliphatic carbocycles. The molecule has 1 aliphatic rings. The molecule has 0 saturated heterocycles. The van der Waals surface area contributed by atoms with Crippen LogP contribution in [0, 0.1) is 5.92 Å². The van der Waals surface area contributed by atoms with Crippen LogP contribution in [0.1, 0.15) is 44.7 Å². The molecule has 0 bridgehead atoms. The minimum absolute atomic E-state index is 0.260. The largest absolute Gasteiger partial charge is 0.396 e. The van der Waals surface area contributed by atoms with Crippen LogP contribution < -0.4 is 10.2 Å². The van der Waals surface area contributed by atoms with Crippen molar-refractivity contribution < 1.29 is 5.11 Å². The molecule has 1 aliphatic heterocycles. The monoisotopic (exact) mass is 276 g/mol. The predicted octanol–water partition coefficient (Wildman–Crippen LogP) is 2.96. The summed E-state index contributed by atoms with van der Waals surface area (Å²) >= 11 is 0. The summed E-state index contributed by atoms with van der Waals surface area (Å²) in [4.78, 5) is 2.45. The zero-order valence-corrected chi connectivity index (χ0v) is 12.8. The minimum atomic E-state index is 0.260. The van der Waals surface area contributed by atoms with Crippen LogP contribution in [0.5, 0.6) is 0 Å². The Kier molecular flexibility index (Phi) is 5.86. The number of benzene rings is 1. The highest BCUT2D eigenvalue weighted by Gasteiger charge is 2.22. The maximum atomic E-state index is 9.31. The van der Waals surface area contributed by atoms with Crippen LogP contribution in [-0.2, 0) is 0 Å². The van der Waals surface area contributed by atoms with Crippen LogP contribution >= 0.6 is 0 Å². The number of aliphatic hydroxyl groups is 1. The first-order valence-electron chi connectivity index (χ1n) is 7.94. The van der Waals surface area contributed by atoms with Gasteiger partial charge >= 0.3 is 0 Å². The molecule has 0 radical (unpaired) electrons. The summed E-state index contributed by atoms with van der Waals surface area (Å²) in [5, 5.41) is 13.0. The third-order valence-electron chi connectivity index (χ3n) is 4.06. The van der Waals surface area contributed by atoms with Crippen LogP contribution in [0.15, 0.2) is 24.3 Å². The molecule has 3 nitrogen and oxygen atoms in total. The lowest BCUT2D eigenvalue weighted by Gasteiger charge is -2.28. The van der Waals surface area contributed by atoms with Gasteiger partial charge in [0.2, 0.25) is 0 Å². The van der Waals surface area contributed by atoms with E-state index in [1.54, 1.807) is 0 Å². The van der Waals surface area contributed by atoms with E-state index in [1.807, 2.05) is 0 Å². The topological polar surface area (TPSA) is 35.5 Å². The SMILES string of the molecule is CCCNC1CCCN(CC(C)CO)c2ccccc21. The quantitative estimate of drug-likeness (QED) is 0.838. The van der Waals surface area contributed by atoms with Gasteiger partial charge < -0.3 is 15.3 Å². The van der Waals surface area contributed by atoms with Gasteiger partial charge in [0.25, 0.3) is 0 Å². The van der Waals surface area contributed by atoms with Crippen molar-refractivity contribution in [3.8, 4) is 0 Å². The summed E-state index contributed by atoms with van der Waals surface area (Å²) in [5.41, 5.74) is 2.77. The Bertz CT molecular complexity index is 408. The van der Waals surface area contributed by atoms with Crippen molar-refractivity contribution in [2.45, 2.75) is 39.2 Å². The van der Waals surface area contributed by atoms with E-state index < -0.39 is 0 Å². The molecule has 2 rings (SSSR count). The van der Waals surface area contributed by atoms with Crippen LogP contribution in [0.2, 0.25) is 0 Å². The smallest absolute Gasteiger partial charge is 0.0473 e. The van der Waals surface area contributed by atoms with Gasteiger partial charge in [0, 0.05) is 31.4 Å². The molecule has 2 atom stereocenters. The highest BCUT2D eigenvalue weighted by atomic mass is 16.3. The van der Waals surface area contributed by atoms with Crippen molar-refractivity contribution in [3.05, 3.63) is 29.8 Å². The first-order valence-corrected chi connectivity index (χ1v) is 7.94. The molecule has 1 heterocycles. The molecular formula is C17H28N2O. The van der Waals surface area contributed by atoms with E-state index >= 15 is 0 Å². The Morgan fingerprint density at radius 3 is 2.95 bits per heavy atom. The summed E-state index contributed by atoms with van der Waals surface area (Å²) < 4.78 is 0. The number of nitrogens with zero attached hydrogens (tertiary/aromatic N) is 1. The van der Waals surface area contributed by atoms with E-state index in [9.17, 15) is 5.11 Å². The third kappa shape index (κ3) is 3.74. The Morgan fingerprint density at radius 1 is 1.40 bits per heavy atom. The Balaban J connectivity index is 2.20. The molecule has 20 heavy (non-hydrogen) atoms. The molecule has 1 aromatic rings. The molecule has 0 saturated carbocycles. The fraction of sp³-hybridized carbons (Fsp3) is 0.647. The van der Waals surface area contributed by atoms with Crippen molar-refractivity contribution in [1.82, 2.24) is 5.32 Å². The molecule has 0 aromatic heterocycles. The second kappa shape index (κ2) is 7.65. The van der Waals surface area contributed by atoms with Crippen molar-refractivity contribution in [2.24, 2.45) is 5.92 Å². The number of para-hydroxylation sites is 1. The predicted molar refractivity (Wildman–Crippen MR) is 85.2 cm³/mol. The van der Waals surface area contributed by atoms with Crippen LogP contribution in [0.25, 0.3) is 0 Å². The van der Waals surface area contributed by atoms with Crippen LogP contribution in [0.4, 0.5) is 5.69 Å². The second-order valence-corrected chi connectivity index (χ2v) is 5.94. The lowest BCUT2D eigenvalue weighted by Crippen LogP contribution is -2.30. The maximum absolute atomic E-state index is 9.31. The van der Waals surface area contributed by atoms with E-state index in [0.717, 1.165) is 19.6 Å². The zero-order chi connectivity index (χ0) is 14.4. The molecule has 112 valence electrons. The summed E-state index contributed by atoms with van der Waals surface area (Å²) in [6.07, 6.45) is 3.57. The zero-order valence-electron chi connectivity index (χ0n) is 12.8. The Hall–Kier alpha value is -1.06. The van der Waals surface area contributed by atoms with Gasteiger partial charge in [-0.05, 0) is 43.4 Å². The average molecular weight is 276 g/mol. The van der Waals surface area contributed by atoms with Gasteiger partial charge in [0.05, 0.1) is 0 Å². The number of nitrogens with one attached hydrogen (secondary N) is 1. The summed E-state index contributed by atoms with van der Waals surface area (Å²) in [6, 6.07) is 9.21. The van der Waals surface area contributed by atoms with Gasteiger partial charge in [-0.3, -0.25) is 0 Å². The number of anilines is 1. The average Bonchev–Trinajstić information content (AvgIpc) is 2.65. The number of hydrogen-bond donors (Lipinski definition) is 2. The van der Waals surface area contributed by atoms with Crippen molar-refractivity contribution in [1.29, 1.82) is 0 Å². The van der Waals surface area contributed by atoms with E-state index in [0.29, 0.717) is 12.0 Å². The fourth-order valence-corrected chi connectivity index (χ4v) is 2.99. The number of aliphatic hydroxyl groups excluding tert-OH is 1. The van der Waals surface area contributed by atoms with Crippen molar-refractivity contribution >= 4 is 5.69 Å². The van der Waals surface area contributed by atoms with Gasteiger partial charge in [-0.2, -0.15) is 0 Å². The summed E-state index contributed by atoms with van der Waals surface area (Å²) in [7, 11) is 0. The highest BCUT2D eigenvalue weighted by Crippen LogP contribution is 2.33. The highest BCUT2D eigenvalue weighted by molar-refractivity contribution is 5.55. The summed E-state index contributed by atoms with van der Waals surface area (Å²) in [5.74, 6) is 0.322. The normalized spacial score (nSPS) is 20.4. The summed E-state index contributed by atoms with van der Waals surface area (Å²) in [6.45, 7) is 7.69. The lowest BCUT2D eigenvalue weighted by molar-refractivity contribution is 0.239. The van der Waals surface area contributed by atoms with Gasteiger partial charge in [0.15, 0.2) is 0 Å². The third-order valence-corrected chi connectivity index (χ3v) is 4.06. The molecule has 2 unspecified atom stereocenters. The molecule has 0 fully saturated rings. The van der Waals surface area contributed by atoms with E-state index in [4.69, 9.17) is 0 Å². The molecule has 0 amide bonds. The first kappa shape index (κ1) is 15.3. The second-order valence-electron chi connectivity index (χ2n) is 5.94. The van der Waals surface area contributed by atoms with E-state index in [-0.39, 0.29) is 6.61 Å².